The maximum Gasteiger partial charge on any atom is 0.274 e. The van der Waals surface area contributed by atoms with E-state index in [4.69, 9.17) is 4.42 Å². The van der Waals surface area contributed by atoms with E-state index in [0.717, 1.165) is 10.4 Å². The van der Waals surface area contributed by atoms with Gasteiger partial charge in [-0.15, -0.1) is 11.3 Å². The molecule has 118 valence electrons. The average molecular weight is 328 g/mol. The predicted octanol–water partition coefficient (Wildman–Crippen LogP) is 2.74. The molecule has 3 aromatic rings. The molecule has 1 amide bonds. The van der Waals surface area contributed by atoms with Crippen molar-refractivity contribution < 1.29 is 14.3 Å². The van der Waals surface area contributed by atoms with Gasteiger partial charge in [-0.2, -0.15) is 0 Å². The number of benzene rings is 1. The SMILES string of the molecule is O=C(NCC(O)Cc1ccccc1)c1ncoc1-c1cccs1. The fourth-order valence-corrected chi connectivity index (χ4v) is 2.96. The highest BCUT2D eigenvalue weighted by atomic mass is 32.1. The van der Waals surface area contributed by atoms with Gasteiger partial charge >= 0.3 is 0 Å². The zero-order chi connectivity index (χ0) is 16.1. The molecule has 0 fully saturated rings. The first kappa shape index (κ1) is 15.5. The quantitative estimate of drug-likeness (QED) is 0.729. The lowest BCUT2D eigenvalue weighted by Gasteiger charge is -2.11. The molecule has 0 saturated heterocycles. The number of oxazole rings is 1. The molecule has 1 unspecified atom stereocenters. The molecule has 6 heteroatoms. The first-order valence-corrected chi connectivity index (χ1v) is 8.09. The fraction of sp³-hybridized carbons (Fsp3) is 0.176. The van der Waals surface area contributed by atoms with Gasteiger partial charge in [0.2, 0.25) is 0 Å². The highest BCUT2D eigenvalue weighted by molar-refractivity contribution is 7.13. The van der Waals surface area contributed by atoms with Crippen LogP contribution in [0.1, 0.15) is 16.1 Å². The molecular formula is C17H16N2O3S. The fourth-order valence-electron chi connectivity index (χ4n) is 2.24. The minimum atomic E-state index is -0.654. The van der Waals surface area contributed by atoms with Gasteiger partial charge in [-0.3, -0.25) is 4.79 Å². The highest BCUT2D eigenvalue weighted by Gasteiger charge is 2.19. The zero-order valence-corrected chi connectivity index (χ0v) is 13.1. The molecule has 2 heterocycles. The summed E-state index contributed by atoms with van der Waals surface area (Å²) in [5, 5.41) is 14.7. The summed E-state index contributed by atoms with van der Waals surface area (Å²) in [6.45, 7) is 0.157. The number of thiophene rings is 1. The predicted molar refractivity (Wildman–Crippen MR) is 88.3 cm³/mol. The van der Waals surface area contributed by atoms with Crippen molar-refractivity contribution in [3.63, 3.8) is 0 Å². The normalized spacial score (nSPS) is 12.0. The Morgan fingerprint density at radius 2 is 2.09 bits per heavy atom. The minimum absolute atomic E-state index is 0.157. The van der Waals surface area contributed by atoms with E-state index in [9.17, 15) is 9.90 Å². The van der Waals surface area contributed by atoms with Crippen LogP contribution in [0.3, 0.4) is 0 Å². The molecule has 2 aromatic heterocycles. The maximum atomic E-state index is 12.2. The molecular weight excluding hydrogens is 312 g/mol. The summed E-state index contributed by atoms with van der Waals surface area (Å²) < 4.78 is 5.31. The molecule has 0 aliphatic carbocycles. The Kier molecular flexibility index (Phi) is 4.85. The lowest BCUT2D eigenvalue weighted by atomic mass is 10.1. The number of carbonyl (C=O) groups excluding carboxylic acids is 1. The first-order chi connectivity index (χ1) is 11.2. The van der Waals surface area contributed by atoms with Crippen LogP contribution in [0.5, 0.6) is 0 Å². The number of aliphatic hydroxyl groups is 1. The van der Waals surface area contributed by atoms with Gasteiger partial charge in [-0.05, 0) is 17.0 Å². The highest BCUT2D eigenvalue weighted by Crippen LogP contribution is 2.27. The van der Waals surface area contributed by atoms with E-state index in [1.165, 1.54) is 17.7 Å². The lowest BCUT2D eigenvalue weighted by Crippen LogP contribution is -2.33. The number of nitrogens with zero attached hydrogens (tertiary/aromatic N) is 1. The van der Waals surface area contributed by atoms with Crippen LogP contribution in [-0.4, -0.2) is 28.6 Å². The van der Waals surface area contributed by atoms with E-state index in [2.05, 4.69) is 10.3 Å². The minimum Gasteiger partial charge on any atom is -0.442 e. The largest absolute Gasteiger partial charge is 0.442 e. The smallest absolute Gasteiger partial charge is 0.274 e. The molecule has 0 bridgehead atoms. The van der Waals surface area contributed by atoms with Crippen LogP contribution < -0.4 is 5.32 Å². The van der Waals surface area contributed by atoms with Crippen molar-refractivity contribution in [2.75, 3.05) is 6.54 Å². The summed E-state index contributed by atoms with van der Waals surface area (Å²) in [6, 6.07) is 13.4. The first-order valence-electron chi connectivity index (χ1n) is 7.21. The molecule has 0 saturated carbocycles. The molecule has 3 rings (SSSR count). The summed E-state index contributed by atoms with van der Waals surface area (Å²) in [6.07, 6.45) is 1.08. The average Bonchev–Trinajstić information content (AvgIpc) is 3.24. The summed E-state index contributed by atoms with van der Waals surface area (Å²) in [4.78, 5) is 17.1. The second-order valence-electron chi connectivity index (χ2n) is 5.06. The van der Waals surface area contributed by atoms with Gasteiger partial charge in [0, 0.05) is 13.0 Å². The van der Waals surface area contributed by atoms with E-state index >= 15 is 0 Å². The Morgan fingerprint density at radius 3 is 2.83 bits per heavy atom. The molecule has 0 aliphatic rings. The third kappa shape index (κ3) is 3.85. The van der Waals surface area contributed by atoms with Crippen LogP contribution in [0.25, 0.3) is 10.6 Å². The van der Waals surface area contributed by atoms with Gasteiger partial charge in [0.1, 0.15) is 0 Å². The van der Waals surface area contributed by atoms with Gasteiger partial charge < -0.3 is 14.8 Å². The molecule has 0 spiro atoms. The zero-order valence-electron chi connectivity index (χ0n) is 12.3. The summed E-state index contributed by atoms with van der Waals surface area (Å²) in [5.74, 6) is 0.101. The molecule has 0 aliphatic heterocycles. The monoisotopic (exact) mass is 328 g/mol. The Balaban J connectivity index is 1.59. The van der Waals surface area contributed by atoms with Crippen molar-refractivity contribution >= 4 is 17.2 Å². The van der Waals surface area contributed by atoms with Gasteiger partial charge in [0.25, 0.3) is 5.91 Å². The molecule has 2 N–H and O–H groups in total. The third-order valence-corrected chi connectivity index (χ3v) is 4.21. The topological polar surface area (TPSA) is 75.4 Å². The van der Waals surface area contributed by atoms with E-state index in [1.807, 2.05) is 47.8 Å². The van der Waals surface area contributed by atoms with Crippen molar-refractivity contribution in [1.82, 2.24) is 10.3 Å². The van der Waals surface area contributed by atoms with Crippen LogP contribution in [0, 0.1) is 0 Å². The van der Waals surface area contributed by atoms with Crippen LogP contribution >= 0.6 is 11.3 Å². The Morgan fingerprint density at radius 1 is 1.26 bits per heavy atom. The number of hydrogen-bond donors (Lipinski definition) is 2. The summed E-state index contributed by atoms with van der Waals surface area (Å²) in [5.41, 5.74) is 1.26. The molecule has 23 heavy (non-hydrogen) atoms. The van der Waals surface area contributed by atoms with Crippen LogP contribution in [0.15, 0.2) is 58.7 Å². The van der Waals surface area contributed by atoms with E-state index < -0.39 is 6.10 Å². The number of aliphatic hydroxyl groups excluding tert-OH is 1. The van der Waals surface area contributed by atoms with Crippen molar-refractivity contribution in [2.45, 2.75) is 12.5 Å². The van der Waals surface area contributed by atoms with Crippen molar-refractivity contribution in [3.05, 3.63) is 65.5 Å². The lowest BCUT2D eigenvalue weighted by molar-refractivity contribution is 0.0912. The Labute approximate surface area is 137 Å². The van der Waals surface area contributed by atoms with Gasteiger partial charge in [-0.25, -0.2) is 4.98 Å². The number of rotatable bonds is 6. The number of amides is 1. The third-order valence-electron chi connectivity index (χ3n) is 3.34. The van der Waals surface area contributed by atoms with Crippen LogP contribution in [-0.2, 0) is 6.42 Å². The molecule has 0 radical (unpaired) electrons. The molecule has 5 nitrogen and oxygen atoms in total. The van der Waals surface area contributed by atoms with Crippen molar-refractivity contribution in [2.24, 2.45) is 0 Å². The second kappa shape index (κ2) is 7.21. The standard InChI is InChI=1S/C17H16N2O3S/c20-13(9-12-5-2-1-3-6-12)10-18-17(21)15-16(22-11-19-15)14-7-4-8-23-14/h1-8,11,13,20H,9-10H2,(H,18,21). The number of aromatic nitrogens is 1. The van der Waals surface area contributed by atoms with Gasteiger partial charge in [-0.1, -0.05) is 36.4 Å². The summed E-state index contributed by atoms with van der Waals surface area (Å²) >= 11 is 1.48. The number of carbonyl (C=O) groups is 1. The summed E-state index contributed by atoms with van der Waals surface area (Å²) in [7, 11) is 0. The van der Waals surface area contributed by atoms with Gasteiger partial charge in [0.15, 0.2) is 17.8 Å². The number of hydrogen-bond acceptors (Lipinski definition) is 5. The van der Waals surface area contributed by atoms with E-state index in [-0.39, 0.29) is 18.1 Å². The van der Waals surface area contributed by atoms with Crippen molar-refractivity contribution in [3.8, 4) is 10.6 Å². The molecule has 1 atom stereocenters. The Bertz CT molecular complexity index is 753. The molecule has 1 aromatic carbocycles. The van der Waals surface area contributed by atoms with Gasteiger partial charge in [0.05, 0.1) is 11.0 Å². The second-order valence-corrected chi connectivity index (χ2v) is 6.01. The number of nitrogens with one attached hydrogen (secondary N) is 1. The van der Waals surface area contributed by atoms with Crippen LogP contribution in [0.2, 0.25) is 0 Å². The Hall–Kier alpha value is -2.44. The maximum absolute atomic E-state index is 12.2. The van der Waals surface area contributed by atoms with Crippen LogP contribution in [0.4, 0.5) is 0 Å². The van der Waals surface area contributed by atoms with Crippen molar-refractivity contribution in [1.29, 1.82) is 0 Å². The van der Waals surface area contributed by atoms with E-state index in [1.54, 1.807) is 0 Å². The van der Waals surface area contributed by atoms with E-state index in [0.29, 0.717) is 12.2 Å².